The van der Waals surface area contributed by atoms with Crippen LogP contribution < -0.4 is 5.32 Å². The van der Waals surface area contributed by atoms with Gasteiger partial charge in [0, 0.05) is 37.4 Å². The number of rotatable bonds is 8. The maximum Gasteiger partial charge on any atom is 0.287 e. The molecule has 0 aliphatic rings. The highest BCUT2D eigenvalue weighted by atomic mass is 16.4. The number of hydrogen-bond donors (Lipinski definition) is 2. The number of hydrogen-bond acceptors (Lipinski definition) is 4. The summed E-state index contributed by atoms with van der Waals surface area (Å²) in [5.74, 6) is 0.900. The predicted molar refractivity (Wildman–Crippen MR) is 88.3 cm³/mol. The first kappa shape index (κ1) is 17.2. The third-order valence-corrected chi connectivity index (χ3v) is 3.86. The number of aliphatic hydroxyl groups is 1. The van der Waals surface area contributed by atoms with Crippen molar-refractivity contribution in [3.63, 3.8) is 0 Å². The van der Waals surface area contributed by atoms with Gasteiger partial charge < -0.3 is 14.8 Å². The topological polar surface area (TPSA) is 75.4 Å². The molecule has 1 amide bonds. The summed E-state index contributed by atoms with van der Waals surface area (Å²) in [4.78, 5) is 16.5. The number of nitrogens with one attached hydrogen (secondary N) is 1. The Morgan fingerprint density at radius 2 is 2.17 bits per heavy atom. The van der Waals surface area contributed by atoms with Crippen LogP contribution in [-0.2, 0) is 19.3 Å². The van der Waals surface area contributed by atoms with E-state index in [-0.39, 0.29) is 18.4 Å². The number of nitrogens with zero attached hydrogens (tertiary/aromatic N) is 1. The number of aliphatic hydroxyl groups excluding tert-OH is 1. The number of carbonyl (C=O) groups excluding carboxylic acids is 1. The maximum atomic E-state index is 12.2. The van der Waals surface area contributed by atoms with Crippen LogP contribution in [0.3, 0.4) is 0 Å². The summed E-state index contributed by atoms with van der Waals surface area (Å²) < 4.78 is 5.61. The minimum absolute atomic E-state index is 0.00453. The Balaban J connectivity index is 1.93. The van der Waals surface area contributed by atoms with Crippen LogP contribution in [-0.4, -0.2) is 29.1 Å². The lowest BCUT2D eigenvalue weighted by Crippen LogP contribution is -2.31. The van der Waals surface area contributed by atoms with Crippen LogP contribution in [0, 0.1) is 5.92 Å². The quantitative estimate of drug-likeness (QED) is 0.784. The van der Waals surface area contributed by atoms with Gasteiger partial charge in [-0.2, -0.15) is 0 Å². The van der Waals surface area contributed by atoms with Crippen molar-refractivity contribution in [1.82, 2.24) is 10.3 Å². The fourth-order valence-corrected chi connectivity index (χ4v) is 2.52. The second kappa shape index (κ2) is 8.48. The van der Waals surface area contributed by atoms with Crippen molar-refractivity contribution >= 4 is 5.91 Å². The molecule has 2 rings (SSSR count). The van der Waals surface area contributed by atoms with E-state index >= 15 is 0 Å². The molecule has 0 spiro atoms. The Kier molecular flexibility index (Phi) is 6.35. The first-order valence-corrected chi connectivity index (χ1v) is 8.08. The lowest BCUT2D eigenvalue weighted by molar-refractivity contribution is 0.0910. The highest BCUT2D eigenvalue weighted by Gasteiger charge is 2.17. The van der Waals surface area contributed by atoms with Crippen LogP contribution >= 0.6 is 0 Å². The number of aromatic nitrogens is 1. The number of pyridine rings is 1. The number of aryl methyl sites for hydroxylation is 2. The van der Waals surface area contributed by atoms with Gasteiger partial charge in [0.05, 0.1) is 0 Å². The fourth-order valence-electron chi connectivity index (χ4n) is 2.52. The van der Waals surface area contributed by atoms with E-state index in [1.54, 1.807) is 12.3 Å². The van der Waals surface area contributed by atoms with Crippen molar-refractivity contribution in [1.29, 1.82) is 0 Å². The summed E-state index contributed by atoms with van der Waals surface area (Å²) in [6.45, 7) is 4.43. The third-order valence-electron chi connectivity index (χ3n) is 3.86. The van der Waals surface area contributed by atoms with Crippen molar-refractivity contribution in [2.75, 3.05) is 13.2 Å². The predicted octanol–water partition coefficient (Wildman–Crippen LogP) is 2.38. The SMILES string of the molecule is CCc1cc(C(=O)NCC(CO)Cc2ccccn2)oc1CC. The monoisotopic (exact) mass is 316 g/mol. The Morgan fingerprint density at radius 1 is 1.35 bits per heavy atom. The molecule has 2 aromatic rings. The van der Waals surface area contributed by atoms with Gasteiger partial charge in [-0.1, -0.05) is 19.9 Å². The molecule has 2 aromatic heterocycles. The molecule has 5 heteroatoms. The molecule has 0 bridgehead atoms. The van der Waals surface area contributed by atoms with Crippen molar-refractivity contribution in [2.45, 2.75) is 33.1 Å². The standard InChI is InChI=1S/C18H24N2O3/c1-3-14-10-17(23-16(14)4-2)18(22)20-11-13(12-21)9-15-7-5-6-8-19-15/h5-8,10,13,21H,3-4,9,11-12H2,1-2H3,(H,20,22). The van der Waals surface area contributed by atoms with Gasteiger partial charge in [-0.15, -0.1) is 0 Å². The molecule has 124 valence electrons. The molecule has 0 saturated carbocycles. The Morgan fingerprint density at radius 3 is 2.74 bits per heavy atom. The maximum absolute atomic E-state index is 12.2. The molecule has 5 nitrogen and oxygen atoms in total. The van der Waals surface area contributed by atoms with Crippen LogP contribution in [0.2, 0.25) is 0 Å². The summed E-state index contributed by atoms with van der Waals surface area (Å²) in [6, 6.07) is 7.49. The van der Waals surface area contributed by atoms with Crippen molar-refractivity contribution in [3.8, 4) is 0 Å². The fraction of sp³-hybridized carbons (Fsp3) is 0.444. The highest BCUT2D eigenvalue weighted by Crippen LogP contribution is 2.17. The summed E-state index contributed by atoms with van der Waals surface area (Å²) in [7, 11) is 0. The zero-order valence-electron chi connectivity index (χ0n) is 13.7. The second-order valence-corrected chi connectivity index (χ2v) is 5.55. The smallest absolute Gasteiger partial charge is 0.287 e. The molecule has 0 aliphatic heterocycles. The van der Waals surface area contributed by atoms with E-state index in [0.29, 0.717) is 18.7 Å². The van der Waals surface area contributed by atoms with E-state index in [0.717, 1.165) is 29.9 Å². The van der Waals surface area contributed by atoms with Gasteiger partial charge in [-0.25, -0.2) is 0 Å². The zero-order chi connectivity index (χ0) is 16.7. The van der Waals surface area contributed by atoms with E-state index in [4.69, 9.17) is 4.42 Å². The van der Waals surface area contributed by atoms with Crippen LogP contribution in [0.4, 0.5) is 0 Å². The zero-order valence-corrected chi connectivity index (χ0v) is 13.7. The first-order chi connectivity index (χ1) is 11.2. The molecule has 23 heavy (non-hydrogen) atoms. The molecule has 2 heterocycles. The minimum atomic E-state index is -0.237. The average Bonchev–Trinajstić information content (AvgIpc) is 3.02. The second-order valence-electron chi connectivity index (χ2n) is 5.55. The molecule has 0 aromatic carbocycles. The van der Waals surface area contributed by atoms with Gasteiger partial charge in [0.2, 0.25) is 0 Å². The average molecular weight is 316 g/mol. The first-order valence-electron chi connectivity index (χ1n) is 8.08. The van der Waals surface area contributed by atoms with Crippen LogP contribution in [0.25, 0.3) is 0 Å². The number of furan rings is 1. The van der Waals surface area contributed by atoms with Gasteiger partial charge in [-0.05, 0) is 36.6 Å². The highest BCUT2D eigenvalue weighted by molar-refractivity contribution is 5.91. The lowest BCUT2D eigenvalue weighted by atomic mass is 10.0. The van der Waals surface area contributed by atoms with E-state index in [1.165, 1.54) is 0 Å². The molecule has 2 N–H and O–H groups in total. The molecular formula is C18H24N2O3. The van der Waals surface area contributed by atoms with Crippen LogP contribution in [0.5, 0.6) is 0 Å². The summed E-state index contributed by atoms with van der Waals surface area (Å²) >= 11 is 0. The molecule has 0 aliphatic carbocycles. The van der Waals surface area contributed by atoms with Crippen LogP contribution in [0.15, 0.2) is 34.9 Å². The number of carbonyl (C=O) groups is 1. The Bertz CT molecular complexity index is 601. The van der Waals surface area contributed by atoms with Crippen molar-refractivity contribution in [2.24, 2.45) is 5.92 Å². The minimum Gasteiger partial charge on any atom is -0.456 e. The molecule has 0 radical (unpaired) electrons. The largest absolute Gasteiger partial charge is 0.456 e. The van der Waals surface area contributed by atoms with Gasteiger partial charge in [0.25, 0.3) is 5.91 Å². The van der Waals surface area contributed by atoms with E-state index in [2.05, 4.69) is 10.3 Å². The van der Waals surface area contributed by atoms with Crippen LogP contribution in [0.1, 0.15) is 41.4 Å². The van der Waals surface area contributed by atoms with Gasteiger partial charge in [0.15, 0.2) is 5.76 Å². The van der Waals surface area contributed by atoms with Crippen molar-refractivity contribution < 1.29 is 14.3 Å². The lowest BCUT2D eigenvalue weighted by Gasteiger charge is -2.14. The van der Waals surface area contributed by atoms with Gasteiger partial charge in [-0.3, -0.25) is 9.78 Å². The normalized spacial score (nSPS) is 12.1. The third kappa shape index (κ3) is 4.66. The molecule has 0 saturated heterocycles. The van der Waals surface area contributed by atoms with E-state index < -0.39 is 0 Å². The van der Waals surface area contributed by atoms with Crippen molar-refractivity contribution in [3.05, 3.63) is 53.2 Å². The molecule has 0 fully saturated rings. The van der Waals surface area contributed by atoms with E-state index in [9.17, 15) is 9.90 Å². The van der Waals surface area contributed by atoms with E-state index in [1.807, 2.05) is 32.0 Å². The molecular weight excluding hydrogens is 292 g/mol. The molecule has 1 unspecified atom stereocenters. The number of amides is 1. The summed E-state index contributed by atoms with van der Waals surface area (Å²) in [5.41, 5.74) is 1.98. The summed E-state index contributed by atoms with van der Waals surface area (Å²) in [5, 5.41) is 12.3. The van der Waals surface area contributed by atoms with Gasteiger partial charge in [0.1, 0.15) is 5.76 Å². The van der Waals surface area contributed by atoms with Gasteiger partial charge >= 0.3 is 0 Å². The Labute approximate surface area is 136 Å². The Hall–Kier alpha value is -2.14. The summed E-state index contributed by atoms with van der Waals surface area (Å²) in [6.07, 6.45) is 3.97. The molecule has 1 atom stereocenters.